The molecule has 1 aliphatic carbocycles. The summed E-state index contributed by atoms with van der Waals surface area (Å²) in [7, 11) is 0. The number of nitrogens with one attached hydrogen (secondary N) is 1. The van der Waals surface area contributed by atoms with Crippen LogP contribution in [0.25, 0.3) is 0 Å². The van der Waals surface area contributed by atoms with Crippen LogP contribution in [0.1, 0.15) is 36.8 Å². The molecule has 112 valence electrons. The molecule has 0 radical (unpaired) electrons. The zero-order valence-corrected chi connectivity index (χ0v) is 12.7. The number of carbonyl (C=O) groups is 2. The molecule has 1 heterocycles. The Balaban J connectivity index is 1.71. The minimum Gasteiger partial charge on any atom is -0.367 e. The lowest BCUT2D eigenvalue weighted by atomic mass is 9.81. The van der Waals surface area contributed by atoms with Crippen molar-refractivity contribution in [3.63, 3.8) is 0 Å². The molecule has 0 unspecified atom stereocenters. The molecule has 1 saturated carbocycles. The van der Waals surface area contributed by atoms with Gasteiger partial charge in [0.15, 0.2) is 0 Å². The third-order valence-corrected chi connectivity index (χ3v) is 4.75. The van der Waals surface area contributed by atoms with E-state index in [2.05, 4.69) is 11.4 Å². The van der Waals surface area contributed by atoms with Gasteiger partial charge in [-0.2, -0.15) is 0 Å². The lowest BCUT2D eigenvalue weighted by molar-refractivity contribution is -0.139. The molecular weight excluding hydrogens is 264 g/mol. The van der Waals surface area contributed by atoms with E-state index in [0.717, 1.165) is 42.5 Å². The monoisotopic (exact) mass is 286 g/mol. The van der Waals surface area contributed by atoms with Crippen LogP contribution in [0.5, 0.6) is 0 Å². The van der Waals surface area contributed by atoms with E-state index in [9.17, 15) is 9.59 Å². The van der Waals surface area contributed by atoms with Crippen molar-refractivity contribution >= 4 is 17.5 Å². The van der Waals surface area contributed by atoms with Gasteiger partial charge in [0, 0.05) is 5.69 Å². The quantitative estimate of drug-likeness (QED) is 0.869. The van der Waals surface area contributed by atoms with E-state index in [0.29, 0.717) is 0 Å². The number of carbonyl (C=O) groups excluding carboxylic acids is 2. The normalized spacial score (nSPS) is 25.1. The van der Waals surface area contributed by atoms with Crippen LogP contribution >= 0.6 is 0 Å². The summed E-state index contributed by atoms with van der Waals surface area (Å²) < 4.78 is 0. The lowest BCUT2D eigenvalue weighted by Gasteiger charge is -2.19. The molecule has 21 heavy (non-hydrogen) atoms. The summed E-state index contributed by atoms with van der Waals surface area (Å²) >= 11 is 0. The van der Waals surface area contributed by atoms with Crippen molar-refractivity contribution in [2.45, 2.75) is 39.5 Å². The number of rotatable bonds is 3. The molecule has 4 nitrogen and oxygen atoms in total. The highest BCUT2D eigenvalue weighted by atomic mass is 16.2. The zero-order valence-electron chi connectivity index (χ0n) is 12.7. The van der Waals surface area contributed by atoms with Gasteiger partial charge in [0.05, 0.1) is 18.5 Å². The van der Waals surface area contributed by atoms with Gasteiger partial charge in [0.1, 0.15) is 0 Å². The molecular formula is C17H22N2O2. The summed E-state index contributed by atoms with van der Waals surface area (Å²) in [6, 6.07) is 6.15. The van der Waals surface area contributed by atoms with Gasteiger partial charge in [-0.25, -0.2) is 0 Å². The Hall–Kier alpha value is -1.84. The average molecular weight is 286 g/mol. The Morgan fingerprint density at radius 3 is 2.33 bits per heavy atom. The molecule has 2 aliphatic rings. The molecule has 2 fully saturated rings. The second kappa shape index (κ2) is 5.51. The number of hydrogen-bond acceptors (Lipinski definition) is 3. The van der Waals surface area contributed by atoms with Crippen molar-refractivity contribution in [3.05, 3.63) is 29.3 Å². The van der Waals surface area contributed by atoms with Crippen LogP contribution in [-0.4, -0.2) is 23.4 Å². The van der Waals surface area contributed by atoms with Gasteiger partial charge in [-0.15, -0.1) is 0 Å². The highest BCUT2D eigenvalue weighted by molar-refractivity contribution is 6.05. The van der Waals surface area contributed by atoms with Crippen LogP contribution < -0.4 is 5.32 Å². The Bertz CT molecular complexity index is 558. The number of likely N-dealkylation sites (tertiary alicyclic amines) is 1. The molecule has 1 aromatic carbocycles. The smallest absolute Gasteiger partial charge is 0.234 e. The van der Waals surface area contributed by atoms with Crippen LogP contribution in [0.3, 0.4) is 0 Å². The molecule has 2 amide bonds. The van der Waals surface area contributed by atoms with Crippen molar-refractivity contribution < 1.29 is 9.59 Å². The highest BCUT2D eigenvalue weighted by Gasteiger charge is 2.47. The molecule has 0 bridgehead atoms. The summed E-state index contributed by atoms with van der Waals surface area (Å²) in [5.74, 6) is -0.0941. The first kappa shape index (κ1) is 14.1. The topological polar surface area (TPSA) is 49.4 Å². The maximum Gasteiger partial charge on any atom is 0.234 e. The molecule has 2 atom stereocenters. The van der Waals surface area contributed by atoms with Crippen molar-refractivity contribution in [3.8, 4) is 0 Å². The van der Waals surface area contributed by atoms with Gasteiger partial charge in [0.2, 0.25) is 11.8 Å². The summed E-state index contributed by atoms with van der Waals surface area (Å²) in [4.78, 5) is 26.2. The van der Waals surface area contributed by atoms with E-state index in [1.807, 2.05) is 26.0 Å². The van der Waals surface area contributed by atoms with Gasteiger partial charge in [-0.3, -0.25) is 14.5 Å². The molecule has 0 aromatic heterocycles. The SMILES string of the molecule is Cc1ccc(C)c(NCN2C(=O)[C@H]3CCCC[C@H]3C2=O)c1. The Morgan fingerprint density at radius 1 is 1.10 bits per heavy atom. The van der Waals surface area contributed by atoms with Crippen LogP contribution in [-0.2, 0) is 9.59 Å². The predicted octanol–water partition coefficient (Wildman–Crippen LogP) is 2.85. The fourth-order valence-corrected chi connectivity index (χ4v) is 3.48. The first-order valence-corrected chi connectivity index (χ1v) is 7.74. The summed E-state index contributed by atoms with van der Waals surface area (Å²) in [6.07, 6.45) is 3.88. The van der Waals surface area contributed by atoms with Crippen LogP contribution in [0.4, 0.5) is 5.69 Å². The minimum atomic E-state index is -0.0633. The van der Waals surface area contributed by atoms with E-state index in [1.54, 1.807) is 0 Å². The van der Waals surface area contributed by atoms with E-state index in [4.69, 9.17) is 0 Å². The number of hydrogen-bond donors (Lipinski definition) is 1. The highest BCUT2D eigenvalue weighted by Crippen LogP contribution is 2.37. The fraction of sp³-hybridized carbons (Fsp3) is 0.529. The van der Waals surface area contributed by atoms with Crippen molar-refractivity contribution in [1.29, 1.82) is 0 Å². The van der Waals surface area contributed by atoms with E-state index in [1.165, 1.54) is 4.90 Å². The van der Waals surface area contributed by atoms with Gasteiger partial charge < -0.3 is 5.32 Å². The predicted molar refractivity (Wildman–Crippen MR) is 81.7 cm³/mol. The van der Waals surface area contributed by atoms with Gasteiger partial charge >= 0.3 is 0 Å². The second-order valence-electron chi connectivity index (χ2n) is 6.26. The average Bonchev–Trinajstić information content (AvgIpc) is 2.73. The molecule has 1 N–H and O–H groups in total. The van der Waals surface area contributed by atoms with Crippen molar-refractivity contribution in [2.24, 2.45) is 11.8 Å². The fourth-order valence-electron chi connectivity index (χ4n) is 3.48. The molecule has 0 spiro atoms. The van der Waals surface area contributed by atoms with Gasteiger partial charge in [-0.1, -0.05) is 25.0 Å². The van der Waals surface area contributed by atoms with E-state index >= 15 is 0 Å². The molecule has 1 aliphatic heterocycles. The first-order chi connectivity index (χ1) is 10.1. The maximum atomic E-state index is 12.4. The third kappa shape index (κ3) is 2.55. The number of amides is 2. The third-order valence-electron chi connectivity index (χ3n) is 4.75. The number of fused-ring (bicyclic) bond motifs is 1. The zero-order chi connectivity index (χ0) is 15.0. The Labute approximate surface area is 125 Å². The lowest BCUT2D eigenvalue weighted by Crippen LogP contribution is -2.35. The van der Waals surface area contributed by atoms with Crippen LogP contribution in [0, 0.1) is 25.7 Å². The van der Waals surface area contributed by atoms with Crippen molar-refractivity contribution in [1.82, 2.24) is 4.90 Å². The minimum absolute atomic E-state index is 0.0162. The van der Waals surface area contributed by atoms with Crippen LogP contribution in [0.2, 0.25) is 0 Å². The molecule has 1 aromatic rings. The van der Waals surface area contributed by atoms with Gasteiger partial charge in [-0.05, 0) is 43.9 Å². The standard InChI is InChI=1S/C17H22N2O2/c1-11-7-8-12(2)15(9-11)18-10-19-16(20)13-5-3-4-6-14(13)17(19)21/h7-9,13-14,18H,3-6,10H2,1-2H3/t13-,14+. The van der Waals surface area contributed by atoms with Crippen molar-refractivity contribution in [2.75, 3.05) is 12.0 Å². The Morgan fingerprint density at radius 2 is 1.71 bits per heavy atom. The number of nitrogens with zero attached hydrogens (tertiary/aromatic N) is 1. The number of benzene rings is 1. The molecule has 3 rings (SSSR count). The summed E-state index contributed by atoms with van der Waals surface area (Å²) in [6.45, 7) is 4.34. The number of imide groups is 1. The summed E-state index contributed by atoms with van der Waals surface area (Å²) in [5.41, 5.74) is 3.28. The maximum absolute atomic E-state index is 12.4. The number of anilines is 1. The molecule has 1 saturated heterocycles. The summed E-state index contributed by atoms with van der Waals surface area (Å²) in [5, 5.41) is 3.25. The van der Waals surface area contributed by atoms with Crippen LogP contribution in [0.15, 0.2) is 18.2 Å². The first-order valence-electron chi connectivity index (χ1n) is 7.74. The molecule has 4 heteroatoms. The number of aryl methyl sites for hydroxylation is 2. The largest absolute Gasteiger partial charge is 0.367 e. The van der Waals surface area contributed by atoms with Gasteiger partial charge in [0.25, 0.3) is 0 Å². The van der Waals surface area contributed by atoms with E-state index < -0.39 is 0 Å². The van der Waals surface area contributed by atoms with E-state index in [-0.39, 0.29) is 30.3 Å². The Kier molecular flexibility index (Phi) is 3.70. The second-order valence-corrected chi connectivity index (χ2v) is 6.26.